The average molecular weight is 377 g/mol. The quantitative estimate of drug-likeness (QED) is 0.781. The molecule has 0 aromatic heterocycles. The van der Waals surface area contributed by atoms with Gasteiger partial charge in [-0.05, 0) is 30.2 Å². The molecule has 2 rings (SSSR count). The fourth-order valence-corrected chi connectivity index (χ4v) is 2.87. The van der Waals surface area contributed by atoms with E-state index >= 15 is 0 Å². The minimum absolute atomic E-state index is 0. The van der Waals surface area contributed by atoms with Crippen LogP contribution in [0.5, 0.6) is 0 Å². The van der Waals surface area contributed by atoms with Crippen LogP contribution in [0.4, 0.5) is 26.3 Å². The highest BCUT2D eigenvalue weighted by Crippen LogP contribution is 2.38. The van der Waals surface area contributed by atoms with Crippen molar-refractivity contribution in [3.63, 3.8) is 0 Å². The van der Waals surface area contributed by atoms with Crippen molar-refractivity contribution in [1.29, 1.82) is 0 Å². The largest absolute Gasteiger partial charge is 0.416 e. The summed E-state index contributed by atoms with van der Waals surface area (Å²) in [6.07, 6.45) is -9.17. The molecule has 0 spiro atoms. The van der Waals surface area contributed by atoms with Crippen LogP contribution in [0.2, 0.25) is 0 Å². The number of benzene rings is 1. The number of rotatable bonds is 3. The van der Waals surface area contributed by atoms with Crippen LogP contribution in [0.15, 0.2) is 18.2 Å². The Morgan fingerprint density at radius 3 is 1.79 bits per heavy atom. The van der Waals surface area contributed by atoms with Gasteiger partial charge in [-0.1, -0.05) is 6.92 Å². The van der Waals surface area contributed by atoms with Crippen LogP contribution in [-0.2, 0) is 12.4 Å². The van der Waals surface area contributed by atoms with Crippen molar-refractivity contribution in [2.75, 3.05) is 26.2 Å². The molecule has 1 aromatic carbocycles. The minimum atomic E-state index is -4.81. The molecule has 1 atom stereocenters. The highest BCUT2D eigenvalue weighted by molar-refractivity contribution is 5.85. The topological polar surface area (TPSA) is 15.3 Å². The number of nitrogens with zero attached hydrogens (tertiary/aromatic N) is 1. The second kappa shape index (κ2) is 7.93. The molecule has 0 aliphatic carbocycles. The van der Waals surface area contributed by atoms with E-state index in [-0.39, 0.29) is 24.0 Å². The van der Waals surface area contributed by atoms with Gasteiger partial charge in [0.1, 0.15) is 0 Å². The molecule has 1 aliphatic rings. The van der Waals surface area contributed by atoms with Crippen LogP contribution >= 0.6 is 12.4 Å². The third kappa shape index (κ3) is 5.00. The van der Waals surface area contributed by atoms with Gasteiger partial charge in [0.15, 0.2) is 0 Å². The van der Waals surface area contributed by atoms with Crippen LogP contribution in [-0.4, -0.2) is 31.1 Å². The molecular formula is C15H19ClF6N2. The number of hydrogen-bond acceptors (Lipinski definition) is 2. The predicted octanol–water partition coefficient (Wildman–Crippen LogP) is 4.50. The van der Waals surface area contributed by atoms with E-state index in [9.17, 15) is 26.3 Å². The van der Waals surface area contributed by atoms with Gasteiger partial charge in [0.2, 0.25) is 0 Å². The van der Waals surface area contributed by atoms with Gasteiger partial charge in [0.25, 0.3) is 0 Å². The van der Waals surface area contributed by atoms with Gasteiger partial charge in [-0.3, -0.25) is 4.90 Å². The third-order valence-corrected chi connectivity index (χ3v) is 3.97. The lowest BCUT2D eigenvalue weighted by molar-refractivity contribution is -0.143. The highest BCUT2D eigenvalue weighted by atomic mass is 35.5. The van der Waals surface area contributed by atoms with Gasteiger partial charge in [-0.2, -0.15) is 26.3 Å². The minimum Gasteiger partial charge on any atom is -0.314 e. The molecule has 2 nitrogen and oxygen atoms in total. The molecule has 9 heteroatoms. The summed E-state index contributed by atoms with van der Waals surface area (Å²) in [4.78, 5) is 1.92. The first-order valence-electron chi connectivity index (χ1n) is 7.37. The van der Waals surface area contributed by atoms with Crippen molar-refractivity contribution in [3.8, 4) is 0 Å². The number of hydrogen-bond donors (Lipinski definition) is 1. The van der Waals surface area contributed by atoms with Crippen LogP contribution in [0.1, 0.15) is 36.1 Å². The number of halogens is 7. The van der Waals surface area contributed by atoms with E-state index < -0.39 is 29.5 Å². The Morgan fingerprint density at radius 2 is 1.42 bits per heavy atom. The molecule has 0 unspecified atom stereocenters. The maximum atomic E-state index is 13.0. The Balaban J connectivity index is 0.00000288. The summed E-state index contributed by atoms with van der Waals surface area (Å²) in [7, 11) is 0. The number of nitrogens with one attached hydrogen (secondary N) is 1. The number of piperazine rings is 1. The molecule has 24 heavy (non-hydrogen) atoms. The second-order valence-corrected chi connectivity index (χ2v) is 5.55. The Labute approximate surface area is 142 Å². The molecule has 0 radical (unpaired) electrons. The summed E-state index contributed by atoms with van der Waals surface area (Å²) in [5, 5.41) is 3.11. The Hall–Kier alpha value is -0.990. The first-order valence-corrected chi connectivity index (χ1v) is 7.37. The van der Waals surface area contributed by atoms with Crippen LogP contribution < -0.4 is 5.32 Å². The van der Waals surface area contributed by atoms with Crippen LogP contribution in [0.25, 0.3) is 0 Å². The standard InChI is InChI=1S/C15H18F6N2.ClH/c1-2-13(23-5-3-22-4-6-23)10-7-11(14(16,17)18)9-12(8-10)15(19,20)21;/h7-9,13,22H,2-6H2,1H3;1H/t13-;/m0./s1. The summed E-state index contributed by atoms with van der Waals surface area (Å²) < 4.78 is 77.7. The molecule has 1 aliphatic heterocycles. The van der Waals surface area contributed by atoms with E-state index in [2.05, 4.69) is 5.32 Å². The molecule has 138 valence electrons. The van der Waals surface area contributed by atoms with Crippen molar-refractivity contribution < 1.29 is 26.3 Å². The predicted molar refractivity (Wildman–Crippen MR) is 81.2 cm³/mol. The first-order chi connectivity index (χ1) is 10.6. The molecule has 1 heterocycles. The maximum Gasteiger partial charge on any atom is 0.416 e. The summed E-state index contributed by atoms with van der Waals surface area (Å²) in [5.41, 5.74) is -2.44. The van der Waals surface area contributed by atoms with Crippen molar-refractivity contribution in [3.05, 3.63) is 34.9 Å². The lowest BCUT2D eigenvalue weighted by atomic mass is 9.96. The summed E-state index contributed by atoms with van der Waals surface area (Å²) in [6.45, 7) is 4.29. The number of alkyl halides is 6. The van der Waals surface area contributed by atoms with Gasteiger partial charge in [-0.15, -0.1) is 12.4 Å². The summed E-state index contributed by atoms with van der Waals surface area (Å²) in [5.74, 6) is 0. The van der Waals surface area contributed by atoms with Crippen molar-refractivity contribution >= 4 is 12.4 Å². The van der Waals surface area contributed by atoms with Crippen LogP contribution in [0.3, 0.4) is 0 Å². The first kappa shape index (κ1) is 21.1. The average Bonchev–Trinajstić information content (AvgIpc) is 2.47. The SMILES string of the molecule is CC[C@@H](c1cc(C(F)(F)F)cc(C(F)(F)F)c1)N1CCNCC1.Cl. The zero-order valence-electron chi connectivity index (χ0n) is 13.0. The molecule has 1 aromatic rings. The molecular weight excluding hydrogens is 358 g/mol. The molecule has 0 amide bonds. The van der Waals surface area contributed by atoms with Crippen molar-refractivity contribution in [2.45, 2.75) is 31.7 Å². The molecule has 0 bridgehead atoms. The van der Waals surface area contributed by atoms with E-state index in [1.807, 2.05) is 4.90 Å². The lowest BCUT2D eigenvalue weighted by Crippen LogP contribution is -2.45. The lowest BCUT2D eigenvalue weighted by Gasteiger charge is -2.35. The highest BCUT2D eigenvalue weighted by Gasteiger charge is 2.38. The molecule has 1 saturated heterocycles. The Bertz CT molecular complexity index is 505. The van der Waals surface area contributed by atoms with E-state index in [1.165, 1.54) is 0 Å². The zero-order valence-corrected chi connectivity index (χ0v) is 13.8. The van der Waals surface area contributed by atoms with Gasteiger partial charge in [-0.25, -0.2) is 0 Å². The van der Waals surface area contributed by atoms with E-state index in [1.54, 1.807) is 6.92 Å². The smallest absolute Gasteiger partial charge is 0.314 e. The van der Waals surface area contributed by atoms with Gasteiger partial charge in [0.05, 0.1) is 11.1 Å². The van der Waals surface area contributed by atoms with Gasteiger partial charge >= 0.3 is 12.4 Å². The third-order valence-electron chi connectivity index (χ3n) is 3.97. The van der Waals surface area contributed by atoms with Gasteiger partial charge < -0.3 is 5.32 Å². The van der Waals surface area contributed by atoms with Gasteiger partial charge in [0, 0.05) is 32.2 Å². The fraction of sp³-hybridized carbons (Fsp3) is 0.600. The van der Waals surface area contributed by atoms with E-state index in [0.717, 1.165) is 12.1 Å². The zero-order chi connectivity index (χ0) is 17.3. The Kier molecular flexibility index (Phi) is 6.95. The monoisotopic (exact) mass is 376 g/mol. The second-order valence-electron chi connectivity index (χ2n) is 5.55. The molecule has 1 N–H and O–H groups in total. The van der Waals surface area contributed by atoms with Crippen LogP contribution in [0, 0.1) is 0 Å². The van der Waals surface area contributed by atoms with Crippen molar-refractivity contribution in [1.82, 2.24) is 10.2 Å². The fourth-order valence-electron chi connectivity index (χ4n) is 2.87. The van der Waals surface area contributed by atoms with E-state index in [4.69, 9.17) is 0 Å². The maximum absolute atomic E-state index is 13.0. The Morgan fingerprint density at radius 1 is 0.958 bits per heavy atom. The summed E-state index contributed by atoms with van der Waals surface area (Å²) in [6, 6.07) is 1.39. The normalized spacial score (nSPS) is 18.1. The van der Waals surface area contributed by atoms with Crippen molar-refractivity contribution in [2.24, 2.45) is 0 Å². The summed E-state index contributed by atoms with van der Waals surface area (Å²) >= 11 is 0. The van der Waals surface area contributed by atoms with E-state index in [0.29, 0.717) is 32.6 Å². The molecule has 0 saturated carbocycles. The molecule has 1 fully saturated rings.